The maximum absolute atomic E-state index is 12.2. The lowest BCUT2D eigenvalue weighted by Crippen LogP contribution is -2.01. The van der Waals surface area contributed by atoms with Crippen LogP contribution in [0.2, 0.25) is 0 Å². The van der Waals surface area contributed by atoms with E-state index in [1.54, 1.807) is 6.92 Å². The number of hydrogen-bond acceptors (Lipinski definition) is 2. The number of nitrogen functional groups attached to an aromatic ring is 1. The largest absolute Gasteiger partial charge is 0.398 e. The molecule has 2 N–H and O–H groups in total. The monoisotopic (exact) mass is 284 g/mol. The van der Waals surface area contributed by atoms with E-state index in [9.17, 15) is 8.78 Å². The van der Waals surface area contributed by atoms with Crippen LogP contribution < -0.4 is 5.73 Å². The van der Waals surface area contributed by atoms with Gasteiger partial charge in [0.15, 0.2) is 0 Å². The van der Waals surface area contributed by atoms with Crippen LogP contribution in [0.15, 0.2) is 6.20 Å². The fourth-order valence-corrected chi connectivity index (χ4v) is 1.22. The normalized spacial score (nSPS) is 10.8. The highest BCUT2D eigenvalue weighted by Crippen LogP contribution is 2.28. The molecular formula is C7H7F2IN2. The Kier molecular flexibility index (Phi) is 2.81. The van der Waals surface area contributed by atoms with Crippen LogP contribution in [0.1, 0.15) is 17.6 Å². The Morgan fingerprint density at radius 1 is 1.58 bits per heavy atom. The molecule has 1 aromatic heterocycles. The Bertz CT molecular complexity index is 302. The van der Waals surface area contributed by atoms with Gasteiger partial charge in [0.1, 0.15) is 3.70 Å². The van der Waals surface area contributed by atoms with Gasteiger partial charge in [0, 0.05) is 17.4 Å². The molecule has 12 heavy (non-hydrogen) atoms. The van der Waals surface area contributed by atoms with Gasteiger partial charge in [-0.3, -0.25) is 0 Å². The molecule has 0 spiro atoms. The second-order valence-electron chi connectivity index (χ2n) is 2.34. The maximum atomic E-state index is 12.2. The van der Waals surface area contributed by atoms with E-state index in [-0.39, 0.29) is 11.3 Å². The first-order valence-corrected chi connectivity index (χ1v) is 4.30. The van der Waals surface area contributed by atoms with Crippen molar-refractivity contribution in [1.29, 1.82) is 0 Å². The molecule has 0 atom stereocenters. The zero-order valence-corrected chi connectivity index (χ0v) is 8.47. The Morgan fingerprint density at radius 3 is 2.67 bits per heavy atom. The van der Waals surface area contributed by atoms with Crippen LogP contribution in [0.4, 0.5) is 14.5 Å². The number of nitrogens with zero attached hydrogens (tertiary/aromatic N) is 1. The Labute approximate surface area is 82.3 Å². The van der Waals surface area contributed by atoms with Gasteiger partial charge < -0.3 is 5.73 Å². The summed E-state index contributed by atoms with van der Waals surface area (Å²) in [5.74, 6) is 0. The van der Waals surface area contributed by atoms with Gasteiger partial charge in [-0.15, -0.1) is 0 Å². The first-order chi connectivity index (χ1) is 5.54. The molecular weight excluding hydrogens is 277 g/mol. The molecule has 0 aliphatic heterocycles. The number of rotatable bonds is 1. The standard InChI is InChI=1S/C7H7F2IN2/c1-3-5(11)4(6(8)9)2-12-7(3)10/h2,6H,1H3,(H2,11,12). The molecule has 66 valence electrons. The second-order valence-corrected chi connectivity index (χ2v) is 3.37. The summed E-state index contributed by atoms with van der Waals surface area (Å²) in [5, 5.41) is 0. The van der Waals surface area contributed by atoms with Crippen LogP contribution in [0, 0.1) is 10.6 Å². The number of anilines is 1. The molecule has 0 aliphatic rings. The van der Waals surface area contributed by atoms with E-state index in [0.29, 0.717) is 9.26 Å². The highest BCUT2D eigenvalue weighted by molar-refractivity contribution is 14.1. The van der Waals surface area contributed by atoms with Crippen LogP contribution in [0.5, 0.6) is 0 Å². The van der Waals surface area contributed by atoms with E-state index in [1.807, 2.05) is 22.6 Å². The third-order valence-electron chi connectivity index (χ3n) is 1.58. The van der Waals surface area contributed by atoms with Crippen molar-refractivity contribution in [3.8, 4) is 0 Å². The van der Waals surface area contributed by atoms with Crippen molar-refractivity contribution in [2.75, 3.05) is 5.73 Å². The maximum Gasteiger partial charge on any atom is 0.267 e. The molecule has 0 fully saturated rings. The predicted molar refractivity (Wildman–Crippen MR) is 51.1 cm³/mol. The van der Waals surface area contributed by atoms with Gasteiger partial charge in [0.2, 0.25) is 0 Å². The van der Waals surface area contributed by atoms with Gasteiger partial charge in [-0.25, -0.2) is 13.8 Å². The van der Waals surface area contributed by atoms with E-state index in [2.05, 4.69) is 4.98 Å². The molecule has 1 aromatic rings. The summed E-state index contributed by atoms with van der Waals surface area (Å²) in [4.78, 5) is 3.79. The molecule has 0 aromatic carbocycles. The van der Waals surface area contributed by atoms with Crippen molar-refractivity contribution in [2.45, 2.75) is 13.3 Å². The van der Waals surface area contributed by atoms with Crippen molar-refractivity contribution >= 4 is 28.3 Å². The summed E-state index contributed by atoms with van der Waals surface area (Å²) in [6, 6.07) is 0. The molecule has 0 unspecified atom stereocenters. The first-order valence-electron chi connectivity index (χ1n) is 3.22. The minimum Gasteiger partial charge on any atom is -0.398 e. The molecule has 1 heterocycles. The average molecular weight is 284 g/mol. The number of aromatic nitrogens is 1. The zero-order chi connectivity index (χ0) is 9.30. The third-order valence-corrected chi connectivity index (χ3v) is 2.66. The number of alkyl halides is 2. The van der Waals surface area contributed by atoms with E-state index < -0.39 is 6.43 Å². The van der Waals surface area contributed by atoms with Crippen molar-refractivity contribution < 1.29 is 8.78 Å². The van der Waals surface area contributed by atoms with Crippen molar-refractivity contribution in [3.05, 3.63) is 21.0 Å². The Hall–Kier alpha value is -0.460. The highest BCUT2D eigenvalue weighted by atomic mass is 127. The van der Waals surface area contributed by atoms with Crippen LogP contribution in [-0.4, -0.2) is 4.98 Å². The van der Waals surface area contributed by atoms with Crippen LogP contribution >= 0.6 is 22.6 Å². The molecule has 0 bridgehead atoms. The number of halogens is 3. The third kappa shape index (κ3) is 1.65. The quantitative estimate of drug-likeness (QED) is 0.635. The van der Waals surface area contributed by atoms with E-state index in [4.69, 9.17) is 5.73 Å². The number of pyridine rings is 1. The first kappa shape index (κ1) is 9.63. The van der Waals surface area contributed by atoms with Gasteiger partial charge in [-0.2, -0.15) is 0 Å². The lowest BCUT2D eigenvalue weighted by atomic mass is 10.2. The summed E-state index contributed by atoms with van der Waals surface area (Å²) in [6.07, 6.45) is -1.43. The minimum absolute atomic E-state index is 0.143. The van der Waals surface area contributed by atoms with E-state index in [1.165, 1.54) is 0 Å². The highest BCUT2D eigenvalue weighted by Gasteiger charge is 2.14. The smallest absolute Gasteiger partial charge is 0.267 e. The topological polar surface area (TPSA) is 38.9 Å². The molecule has 0 radical (unpaired) electrons. The Balaban J connectivity index is 3.27. The SMILES string of the molecule is Cc1c(I)ncc(C(F)F)c1N. The van der Waals surface area contributed by atoms with Gasteiger partial charge in [0.05, 0.1) is 5.56 Å². The fraction of sp³-hybridized carbons (Fsp3) is 0.286. The lowest BCUT2D eigenvalue weighted by molar-refractivity contribution is 0.151. The lowest BCUT2D eigenvalue weighted by Gasteiger charge is -2.07. The van der Waals surface area contributed by atoms with Gasteiger partial charge >= 0.3 is 0 Å². The summed E-state index contributed by atoms with van der Waals surface area (Å²) in [7, 11) is 0. The minimum atomic E-state index is -2.55. The summed E-state index contributed by atoms with van der Waals surface area (Å²) in [5.41, 5.74) is 6.03. The van der Waals surface area contributed by atoms with Crippen LogP contribution in [-0.2, 0) is 0 Å². The summed E-state index contributed by atoms with van der Waals surface area (Å²) in [6.45, 7) is 1.68. The summed E-state index contributed by atoms with van der Waals surface area (Å²) < 4.78 is 25.1. The van der Waals surface area contributed by atoms with Crippen molar-refractivity contribution in [1.82, 2.24) is 4.98 Å². The molecule has 5 heteroatoms. The Morgan fingerprint density at radius 2 is 2.17 bits per heavy atom. The van der Waals surface area contributed by atoms with E-state index >= 15 is 0 Å². The number of nitrogens with two attached hydrogens (primary N) is 1. The van der Waals surface area contributed by atoms with Gasteiger partial charge in [0.25, 0.3) is 6.43 Å². The van der Waals surface area contributed by atoms with Crippen molar-refractivity contribution in [3.63, 3.8) is 0 Å². The summed E-state index contributed by atoms with van der Waals surface area (Å²) >= 11 is 1.95. The van der Waals surface area contributed by atoms with Crippen LogP contribution in [0.25, 0.3) is 0 Å². The molecule has 0 saturated heterocycles. The molecule has 2 nitrogen and oxygen atoms in total. The second kappa shape index (κ2) is 3.51. The van der Waals surface area contributed by atoms with Crippen LogP contribution in [0.3, 0.4) is 0 Å². The molecule has 0 saturated carbocycles. The number of hydrogen-bond donors (Lipinski definition) is 1. The molecule has 0 aliphatic carbocycles. The van der Waals surface area contributed by atoms with Gasteiger partial charge in [-0.1, -0.05) is 0 Å². The zero-order valence-electron chi connectivity index (χ0n) is 6.31. The van der Waals surface area contributed by atoms with E-state index in [0.717, 1.165) is 6.20 Å². The molecule has 0 amide bonds. The molecule has 1 rings (SSSR count). The average Bonchev–Trinajstić information content (AvgIpc) is 2.00. The fourth-order valence-electron chi connectivity index (χ4n) is 0.794. The van der Waals surface area contributed by atoms with Crippen molar-refractivity contribution in [2.24, 2.45) is 0 Å². The predicted octanol–water partition coefficient (Wildman–Crippen LogP) is 2.51. The van der Waals surface area contributed by atoms with Gasteiger partial charge in [-0.05, 0) is 29.5 Å².